The Morgan fingerprint density at radius 2 is 2.19 bits per heavy atom. The number of aryl methyl sites for hydroxylation is 1. The van der Waals surface area contributed by atoms with Crippen LogP contribution in [-0.2, 0) is 6.42 Å². The minimum atomic E-state index is -0.231. The molecule has 0 saturated heterocycles. The van der Waals surface area contributed by atoms with Gasteiger partial charge in [-0.1, -0.05) is 43.0 Å². The lowest BCUT2D eigenvalue weighted by molar-refractivity contribution is 0.118. The van der Waals surface area contributed by atoms with Crippen LogP contribution in [0.2, 0.25) is 5.02 Å². The number of benzene rings is 1. The van der Waals surface area contributed by atoms with Crippen LogP contribution >= 0.6 is 11.6 Å². The average molecular weight is 239 g/mol. The van der Waals surface area contributed by atoms with Gasteiger partial charge in [-0.3, -0.25) is 0 Å². The number of rotatable bonds is 4. The number of hydrogen-bond acceptors (Lipinski definition) is 1. The second-order valence-electron chi connectivity index (χ2n) is 4.99. The van der Waals surface area contributed by atoms with Crippen LogP contribution in [-0.4, -0.2) is 11.2 Å². The van der Waals surface area contributed by atoms with E-state index in [0.29, 0.717) is 6.42 Å². The van der Waals surface area contributed by atoms with Gasteiger partial charge in [0.25, 0.3) is 0 Å². The molecule has 0 aromatic heterocycles. The number of halogens is 1. The van der Waals surface area contributed by atoms with Crippen LogP contribution in [0.1, 0.15) is 36.8 Å². The van der Waals surface area contributed by atoms with E-state index in [1.807, 2.05) is 19.1 Å². The van der Waals surface area contributed by atoms with Crippen molar-refractivity contribution in [3.63, 3.8) is 0 Å². The molecular weight excluding hydrogens is 220 g/mol. The normalized spacial score (nSPS) is 18.2. The third-order valence-corrected chi connectivity index (χ3v) is 3.85. The van der Waals surface area contributed by atoms with E-state index in [1.165, 1.54) is 24.8 Å². The molecule has 1 fully saturated rings. The zero-order chi connectivity index (χ0) is 11.5. The van der Waals surface area contributed by atoms with Crippen LogP contribution in [0.5, 0.6) is 0 Å². The summed E-state index contributed by atoms with van der Waals surface area (Å²) in [5.74, 6) is 0.749. The Bertz CT molecular complexity index is 358. The monoisotopic (exact) mass is 238 g/mol. The second-order valence-corrected chi connectivity index (χ2v) is 5.39. The van der Waals surface area contributed by atoms with E-state index in [2.05, 4.69) is 6.07 Å². The zero-order valence-electron chi connectivity index (χ0n) is 9.75. The predicted molar refractivity (Wildman–Crippen MR) is 67.9 cm³/mol. The Balaban J connectivity index is 1.91. The first-order valence-corrected chi connectivity index (χ1v) is 6.46. The summed E-state index contributed by atoms with van der Waals surface area (Å²) < 4.78 is 0. The van der Waals surface area contributed by atoms with E-state index < -0.39 is 0 Å². The van der Waals surface area contributed by atoms with Gasteiger partial charge in [0.15, 0.2) is 0 Å². The number of aliphatic hydroxyl groups is 1. The lowest BCUT2D eigenvalue weighted by atomic mass is 9.80. The fourth-order valence-corrected chi connectivity index (χ4v) is 2.58. The van der Waals surface area contributed by atoms with Gasteiger partial charge >= 0.3 is 0 Å². The molecule has 1 unspecified atom stereocenters. The largest absolute Gasteiger partial charge is 0.393 e. The van der Waals surface area contributed by atoms with Gasteiger partial charge in [-0.15, -0.1) is 0 Å². The van der Waals surface area contributed by atoms with Crippen molar-refractivity contribution in [3.8, 4) is 0 Å². The summed E-state index contributed by atoms with van der Waals surface area (Å²) in [5, 5.41) is 10.8. The molecule has 1 aliphatic carbocycles. The maximum Gasteiger partial charge on any atom is 0.0583 e. The third kappa shape index (κ3) is 2.99. The Kier molecular flexibility index (Phi) is 3.88. The lowest BCUT2D eigenvalue weighted by Gasteiger charge is -2.27. The standard InChI is InChI=1S/C14H19ClO/c1-10-5-6-12(14(15)7-10)9-13(16)8-11-3-2-4-11/h5-7,11,13,16H,2-4,8-9H2,1H3. The SMILES string of the molecule is Cc1ccc(CC(O)CC2CCC2)c(Cl)c1. The van der Waals surface area contributed by atoms with Gasteiger partial charge in [0.1, 0.15) is 0 Å². The van der Waals surface area contributed by atoms with E-state index in [-0.39, 0.29) is 6.10 Å². The lowest BCUT2D eigenvalue weighted by Crippen LogP contribution is -2.21. The molecule has 0 radical (unpaired) electrons. The molecule has 0 aliphatic heterocycles. The van der Waals surface area contributed by atoms with E-state index in [9.17, 15) is 5.11 Å². The van der Waals surface area contributed by atoms with E-state index in [0.717, 1.165) is 22.9 Å². The zero-order valence-corrected chi connectivity index (χ0v) is 10.5. The average Bonchev–Trinajstić information content (AvgIpc) is 2.16. The first-order chi connectivity index (χ1) is 7.65. The van der Waals surface area contributed by atoms with E-state index in [1.54, 1.807) is 0 Å². The second kappa shape index (κ2) is 5.20. The van der Waals surface area contributed by atoms with Gasteiger partial charge in [0, 0.05) is 5.02 Å². The number of aliphatic hydroxyl groups excluding tert-OH is 1. The summed E-state index contributed by atoms with van der Waals surface area (Å²) >= 11 is 6.15. The molecule has 0 amide bonds. The van der Waals surface area contributed by atoms with Crippen LogP contribution in [0.3, 0.4) is 0 Å². The van der Waals surface area contributed by atoms with Gasteiger partial charge in [-0.2, -0.15) is 0 Å². The van der Waals surface area contributed by atoms with E-state index >= 15 is 0 Å². The molecular formula is C14H19ClO. The summed E-state index contributed by atoms with van der Waals surface area (Å²) in [5.41, 5.74) is 2.24. The molecule has 0 spiro atoms. The fourth-order valence-electron chi connectivity index (χ4n) is 2.27. The maximum absolute atomic E-state index is 9.97. The Hall–Kier alpha value is -0.530. The summed E-state index contributed by atoms with van der Waals surface area (Å²) in [6.07, 6.45) is 5.31. The van der Waals surface area contributed by atoms with Crippen LogP contribution < -0.4 is 0 Å². The Labute approximate surface area is 102 Å². The van der Waals surface area contributed by atoms with Crippen molar-refractivity contribution in [2.24, 2.45) is 5.92 Å². The predicted octanol–water partition coefficient (Wildman–Crippen LogP) is 3.74. The minimum absolute atomic E-state index is 0.231. The van der Waals surface area contributed by atoms with E-state index in [4.69, 9.17) is 11.6 Å². The van der Waals surface area contributed by atoms with Gasteiger partial charge in [-0.05, 0) is 42.9 Å². The van der Waals surface area contributed by atoms with Crippen molar-refractivity contribution >= 4 is 11.6 Å². The van der Waals surface area contributed by atoms with Crippen molar-refractivity contribution in [1.29, 1.82) is 0 Å². The highest BCUT2D eigenvalue weighted by atomic mass is 35.5. The van der Waals surface area contributed by atoms with Crippen LogP contribution in [0.4, 0.5) is 0 Å². The summed E-state index contributed by atoms with van der Waals surface area (Å²) in [6.45, 7) is 2.03. The van der Waals surface area contributed by atoms with Crippen molar-refractivity contribution in [2.45, 2.75) is 45.1 Å². The molecule has 1 nitrogen and oxygen atoms in total. The molecule has 16 heavy (non-hydrogen) atoms. The first kappa shape index (κ1) is 11.9. The van der Waals surface area contributed by atoms with Crippen LogP contribution in [0.25, 0.3) is 0 Å². The molecule has 1 atom stereocenters. The van der Waals surface area contributed by atoms with Crippen molar-refractivity contribution in [1.82, 2.24) is 0 Å². The van der Waals surface area contributed by atoms with Crippen LogP contribution in [0, 0.1) is 12.8 Å². The fraction of sp³-hybridized carbons (Fsp3) is 0.571. The minimum Gasteiger partial charge on any atom is -0.393 e. The highest BCUT2D eigenvalue weighted by molar-refractivity contribution is 6.31. The van der Waals surface area contributed by atoms with Gasteiger partial charge in [0.2, 0.25) is 0 Å². The van der Waals surface area contributed by atoms with Crippen LogP contribution in [0.15, 0.2) is 18.2 Å². The molecule has 1 aromatic rings. The summed E-state index contributed by atoms with van der Waals surface area (Å²) in [6, 6.07) is 6.05. The molecule has 1 aromatic carbocycles. The highest BCUT2D eigenvalue weighted by Gasteiger charge is 2.21. The highest BCUT2D eigenvalue weighted by Crippen LogP contribution is 2.31. The third-order valence-electron chi connectivity index (χ3n) is 3.49. The maximum atomic E-state index is 9.97. The first-order valence-electron chi connectivity index (χ1n) is 6.08. The van der Waals surface area contributed by atoms with Gasteiger partial charge in [0.05, 0.1) is 6.10 Å². The van der Waals surface area contributed by atoms with Crippen molar-refractivity contribution in [2.75, 3.05) is 0 Å². The van der Waals surface area contributed by atoms with Gasteiger partial charge in [-0.25, -0.2) is 0 Å². The van der Waals surface area contributed by atoms with Gasteiger partial charge < -0.3 is 5.11 Å². The summed E-state index contributed by atoms with van der Waals surface area (Å²) in [4.78, 5) is 0. The van der Waals surface area contributed by atoms with Crippen molar-refractivity contribution < 1.29 is 5.11 Å². The number of hydrogen-bond donors (Lipinski definition) is 1. The Morgan fingerprint density at radius 3 is 2.75 bits per heavy atom. The molecule has 0 bridgehead atoms. The molecule has 88 valence electrons. The molecule has 0 heterocycles. The summed E-state index contributed by atoms with van der Waals surface area (Å²) in [7, 11) is 0. The molecule has 2 rings (SSSR count). The van der Waals surface area contributed by atoms with Crippen molar-refractivity contribution in [3.05, 3.63) is 34.3 Å². The topological polar surface area (TPSA) is 20.2 Å². The molecule has 1 aliphatic rings. The quantitative estimate of drug-likeness (QED) is 0.847. The molecule has 1 N–H and O–H groups in total. The molecule has 2 heteroatoms. The Morgan fingerprint density at radius 1 is 1.44 bits per heavy atom. The smallest absolute Gasteiger partial charge is 0.0583 e. The molecule has 1 saturated carbocycles.